The molecule has 0 atom stereocenters. The Bertz CT molecular complexity index is 1180. The van der Waals surface area contributed by atoms with Gasteiger partial charge in [-0.3, -0.25) is 4.79 Å². The molecule has 7 nitrogen and oxygen atoms in total. The van der Waals surface area contributed by atoms with Crippen molar-refractivity contribution in [3.05, 3.63) is 48.2 Å². The molecule has 1 aromatic heterocycles. The number of halogens is 2. The molecule has 3 aliphatic rings. The highest BCUT2D eigenvalue weighted by atomic mass is 32.2. The van der Waals surface area contributed by atoms with Gasteiger partial charge in [0, 0.05) is 39.4 Å². The highest BCUT2D eigenvalue weighted by molar-refractivity contribution is 7.89. The highest BCUT2D eigenvalue weighted by Gasteiger charge is 2.45. The van der Waals surface area contributed by atoms with Gasteiger partial charge >= 0.3 is 0 Å². The predicted molar refractivity (Wildman–Crippen MR) is 122 cm³/mol. The molecular formula is C23H28F2N4O3S. The zero-order valence-corrected chi connectivity index (χ0v) is 19.0. The summed E-state index contributed by atoms with van der Waals surface area (Å²) in [4.78, 5) is 19.5. The number of rotatable bonds is 5. The van der Waals surface area contributed by atoms with Crippen LogP contribution < -0.4 is 10.2 Å². The molecule has 1 spiro atoms. The van der Waals surface area contributed by atoms with Crippen molar-refractivity contribution in [2.24, 2.45) is 5.41 Å². The summed E-state index contributed by atoms with van der Waals surface area (Å²) in [6.45, 7) is 0.640. The lowest BCUT2D eigenvalue weighted by molar-refractivity contribution is 0.0183. The quantitative estimate of drug-likeness (QED) is 0.703. The van der Waals surface area contributed by atoms with Gasteiger partial charge in [-0.25, -0.2) is 22.2 Å². The molecule has 0 unspecified atom stereocenters. The van der Waals surface area contributed by atoms with Crippen LogP contribution in [0, 0.1) is 5.41 Å². The predicted octanol–water partition coefficient (Wildman–Crippen LogP) is 3.99. The van der Waals surface area contributed by atoms with E-state index in [2.05, 4.69) is 15.2 Å². The van der Waals surface area contributed by atoms with Gasteiger partial charge in [0.15, 0.2) is 0 Å². The van der Waals surface area contributed by atoms with E-state index in [1.807, 2.05) is 0 Å². The first-order valence-electron chi connectivity index (χ1n) is 11.2. The third-order valence-electron chi connectivity index (χ3n) is 6.98. The topological polar surface area (TPSA) is 82.6 Å². The summed E-state index contributed by atoms with van der Waals surface area (Å²) in [5.41, 5.74) is 1.19. The normalized spacial score (nSPS) is 21.8. The molecule has 1 aromatic carbocycles. The van der Waals surface area contributed by atoms with E-state index in [-0.39, 0.29) is 18.6 Å². The van der Waals surface area contributed by atoms with Crippen molar-refractivity contribution < 1.29 is 23.4 Å². The number of nitrogens with zero attached hydrogens (tertiary/aromatic N) is 3. The van der Waals surface area contributed by atoms with E-state index < -0.39 is 34.8 Å². The van der Waals surface area contributed by atoms with Gasteiger partial charge in [-0.15, -0.1) is 0 Å². The molecule has 1 N–H and O–H groups in total. The lowest BCUT2D eigenvalue weighted by atomic mass is 9.93. The fourth-order valence-corrected chi connectivity index (χ4v) is 6.20. The number of nitrogens with one attached hydrogen (secondary N) is 1. The summed E-state index contributed by atoms with van der Waals surface area (Å²) >= 11 is 0. The van der Waals surface area contributed by atoms with Crippen molar-refractivity contribution in [1.82, 2.24) is 9.29 Å². The average Bonchev–Trinajstić information content (AvgIpc) is 3.44. The van der Waals surface area contributed by atoms with E-state index in [0.717, 1.165) is 30.2 Å². The Labute approximate surface area is 193 Å². The number of carbonyl (C=O) groups is 1. The first kappa shape index (κ1) is 22.2. The number of amides is 1. The van der Waals surface area contributed by atoms with Crippen LogP contribution in [-0.2, 0) is 10.0 Å². The number of aromatic nitrogens is 1. The van der Waals surface area contributed by atoms with Crippen LogP contribution >= 0.6 is 0 Å². The highest BCUT2D eigenvalue weighted by Crippen LogP contribution is 2.53. The number of pyridine rings is 1. The van der Waals surface area contributed by atoms with Crippen LogP contribution in [0.3, 0.4) is 0 Å². The fourth-order valence-electron chi connectivity index (χ4n) is 4.69. The summed E-state index contributed by atoms with van der Waals surface area (Å²) in [6, 6.07) is 9.10. The molecule has 0 bridgehead atoms. The maximum absolute atomic E-state index is 13.5. The van der Waals surface area contributed by atoms with E-state index in [1.54, 1.807) is 24.4 Å². The van der Waals surface area contributed by atoms with Gasteiger partial charge < -0.3 is 10.2 Å². The number of sulfonamides is 1. The molecular weight excluding hydrogens is 450 g/mol. The van der Waals surface area contributed by atoms with E-state index >= 15 is 0 Å². The molecule has 5 rings (SSSR count). The Kier molecular flexibility index (Phi) is 5.40. The van der Waals surface area contributed by atoms with Gasteiger partial charge in [0.2, 0.25) is 10.0 Å². The van der Waals surface area contributed by atoms with Crippen molar-refractivity contribution in [2.45, 2.75) is 42.9 Å². The van der Waals surface area contributed by atoms with Crippen LogP contribution in [0.4, 0.5) is 20.3 Å². The van der Waals surface area contributed by atoms with E-state index in [1.165, 1.54) is 31.0 Å². The minimum Gasteiger partial charge on any atom is -0.356 e. The molecule has 2 aliphatic heterocycles. The smallest absolute Gasteiger partial charge is 0.262 e. The SMILES string of the molecule is O=C(Nc1cccc(S(=O)(=O)N2CCC(F)(F)C2)c1)c1cccnc1N1CCC2(CC1)CC2.[HH]. The molecule has 2 aromatic rings. The Hall–Kier alpha value is -2.59. The molecule has 3 heterocycles. The number of alkyl halides is 2. The van der Waals surface area contributed by atoms with Gasteiger partial charge in [-0.1, -0.05) is 6.07 Å². The van der Waals surface area contributed by atoms with Crippen molar-refractivity contribution in [2.75, 3.05) is 36.4 Å². The number of hydrogen-bond acceptors (Lipinski definition) is 5. The van der Waals surface area contributed by atoms with Gasteiger partial charge in [-0.2, -0.15) is 4.31 Å². The van der Waals surface area contributed by atoms with Crippen molar-refractivity contribution in [3.63, 3.8) is 0 Å². The monoisotopic (exact) mass is 478 g/mol. The maximum atomic E-state index is 13.5. The van der Waals surface area contributed by atoms with Gasteiger partial charge in [0.25, 0.3) is 11.8 Å². The second-order valence-electron chi connectivity index (χ2n) is 9.29. The minimum absolute atomic E-state index is 0. The Morgan fingerprint density at radius 1 is 1.03 bits per heavy atom. The molecule has 1 saturated carbocycles. The molecule has 1 amide bonds. The molecule has 33 heavy (non-hydrogen) atoms. The molecule has 1 aliphatic carbocycles. The fraction of sp³-hybridized carbons (Fsp3) is 0.478. The standard InChI is InChI=1S/C23H26F2N4O3S.H2/c24-23(25)10-14-29(16-23)33(31,32)18-4-1-3-17(15-18)27-21(30)19-5-2-11-26-20(19)28-12-8-22(6-7-22)9-13-28;/h1-5,11,15H,6-10,12-14,16H2,(H,27,30);1H. The summed E-state index contributed by atoms with van der Waals surface area (Å²) in [7, 11) is -4.08. The molecule has 10 heteroatoms. The van der Waals surface area contributed by atoms with Crippen LogP contribution in [0.1, 0.15) is 43.9 Å². The number of benzene rings is 1. The molecule has 178 valence electrons. The van der Waals surface area contributed by atoms with Crippen molar-refractivity contribution in [3.8, 4) is 0 Å². The number of anilines is 2. The number of carbonyl (C=O) groups excluding carboxylic acids is 1. The third kappa shape index (κ3) is 4.46. The van der Waals surface area contributed by atoms with Gasteiger partial charge in [0.05, 0.1) is 17.0 Å². The Morgan fingerprint density at radius 3 is 2.45 bits per heavy atom. The van der Waals surface area contributed by atoms with Gasteiger partial charge in [-0.05, 0) is 61.4 Å². The van der Waals surface area contributed by atoms with Crippen LogP contribution in [-0.4, -0.2) is 55.7 Å². The summed E-state index contributed by atoms with van der Waals surface area (Å²) in [5.74, 6) is -2.80. The minimum atomic E-state index is -4.08. The van der Waals surface area contributed by atoms with Crippen LogP contribution in [0.25, 0.3) is 0 Å². The van der Waals surface area contributed by atoms with Crippen LogP contribution in [0.15, 0.2) is 47.5 Å². The first-order chi connectivity index (χ1) is 15.7. The van der Waals surface area contributed by atoms with E-state index in [9.17, 15) is 22.0 Å². The van der Waals surface area contributed by atoms with E-state index in [0.29, 0.717) is 16.8 Å². The second kappa shape index (κ2) is 8.02. The van der Waals surface area contributed by atoms with Gasteiger partial charge in [0.1, 0.15) is 5.82 Å². The van der Waals surface area contributed by atoms with Crippen LogP contribution in [0.5, 0.6) is 0 Å². The Balaban J connectivity index is 0.00000274. The molecule has 3 fully saturated rings. The molecule has 2 saturated heterocycles. The average molecular weight is 479 g/mol. The van der Waals surface area contributed by atoms with Crippen LogP contribution in [0.2, 0.25) is 0 Å². The van der Waals surface area contributed by atoms with Crippen molar-refractivity contribution >= 4 is 27.4 Å². The second-order valence-corrected chi connectivity index (χ2v) is 11.2. The number of hydrogen-bond donors (Lipinski definition) is 1. The summed E-state index contributed by atoms with van der Waals surface area (Å²) in [5, 5.41) is 2.75. The summed E-state index contributed by atoms with van der Waals surface area (Å²) < 4.78 is 53.5. The first-order valence-corrected chi connectivity index (χ1v) is 12.6. The zero-order valence-electron chi connectivity index (χ0n) is 18.1. The zero-order chi connectivity index (χ0) is 23.3. The lowest BCUT2D eigenvalue weighted by Crippen LogP contribution is -2.36. The maximum Gasteiger partial charge on any atom is 0.262 e. The van der Waals surface area contributed by atoms with E-state index in [4.69, 9.17) is 0 Å². The Morgan fingerprint density at radius 2 is 1.79 bits per heavy atom. The summed E-state index contributed by atoms with van der Waals surface area (Å²) in [6.07, 6.45) is 5.92. The lowest BCUT2D eigenvalue weighted by Gasteiger charge is -2.33. The molecule has 0 radical (unpaired) electrons. The largest absolute Gasteiger partial charge is 0.356 e. The number of piperidine rings is 1. The van der Waals surface area contributed by atoms with Crippen molar-refractivity contribution in [1.29, 1.82) is 0 Å². The third-order valence-corrected chi connectivity index (χ3v) is 8.82.